The van der Waals surface area contributed by atoms with Crippen molar-refractivity contribution in [1.29, 1.82) is 0 Å². The van der Waals surface area contributed by atoms with Gasteiger partial charge in [-0.15, -0.1) is 0 Å². The molecule has 7 amide bonds. The average Bonchev–Trinajstić information content (AvgIpc) is 3.79. The SMILES string of the molecule is CC1(c2ccc(Nc3nc(N4CCCC(N5CCN(C6CCOCC6)C5=O)C4)cnc3C(N)=O)cc2)CCN(C2CN(c3ccc4c(c3)C(=O)N(C3CCC(=O)NC3=O)C4=O)C2)CC1. The number of anilines is 4. The summed E-state index contributed by atoms with van der Waals surface area (Å²) in [6.45, 7) is 10.1. The number of likely N-dealkylation sites (tertiary alicyclic amines) is 1. The highest BCUT2D eigenvalue weighted by atomic mass is 16.5. The Bertz CT molecular complexity index is 2370. The van der Waals surface area contributed by atoms with E-state index in [1.807, 2.05) is 28.0 Å². The molecule has 64 heavy (non-hydrogen) atoms. The molecule has 0 radical (unpaired) electrons. The van der Waals surface area contributed by atoms with Crippen molar-refractivity contribution in [2.75, 3.05) is 80.7 Å². The number of piperidine rings is 3. The van der Waals surface area contributed by atoms with Gasteiger partial charge in [-0.05, 0) is 99.3 Å². The van der Waals surface area contributed by atoms with Crippen molar-refractivity contribution in [3.8, 4) is 0 Å². The van der Waals surface area contributed by atoms with Crippen LogP contribution in [-0.4, -0.2) is 155 Å². The van der Waals surface area contributed by atoms with Gasteiger partial charge in [0, 0.05) is 82.4 Å². The largest absolute Gasteiger partial charge is 0.381 e. The van der Waals surface area contributed by atoms with Crippen molar-refractivity contribution in [1.82, 2.24) is 34.9 Å². The van der Waals surface area contributed by atoms with Gasteiger partial charge in [-0.3, -0.25) is 39.1 Å². The van der Waals surface area contributed by atoms with Gasteiger partial charge in [0.15, 0.2) is 11.5 Å². The predicted molar refractivity (Wildman–Crippen MR) is 235 cm³/mol. The van der Waals surface area contributed by atoms with Gasteiger partial charge in [-0.2, -0.15) is 0 Å². The summed E-state index contributed by atoms with van der Waals surface area (Å²) in [7, 11) is 0. The second kappa shape index (κ2) is 16.8. The number of fused-ring (bicyclic) bond motifs is 1. The van der Waals surface area contributed by atoms with E-state index in [0.717, 1.165) is 94.1 Å². The molecular weight excluding hydrogens is 819 g/mol. The first kappa shape index (κ1) is 41.8. The molecule has 18 nitrogen and oxygen atoms in total. The zero-order valence-electron chi connectivity index (χ0n) is 36.2. The van der Waals surface area contributed by atoms with Gasteiger partial charge in [-0.25, -0.2) is 14.8 Å². The number of carbonyl (C=O) groups excluding carboxylic acids is 6. The van der Waals surface area contributed by atoms with E-state index in [9.17, 15) is 28.8 Å². The minimum atomic E-state index is -0.986. The van der Waals surface area contributed by atoms with Crippen molar-refractivity contribution >= 4 is 58.6 Å². The number of ether oxygens (including phenoxy) is 1. The van der Waals surface area contributed by atoms with E-state index in [0.29, 0.717) is 49.5 Å². The highest BCUT2D eigenvalue weighted by Gasteiger charge is 2.46. The maximum Gasteiger partial charge on any atom is 0.320 e. The number of imide groups is 2. The lowest BCUT2D eigenvalue weighted by molar-refractivity contribution is -0.136. The molecule has 18 heteroatoms. The molecule has 0 bridgehead atoms. The third-order valence-electron chi connectivity index (χ3n) is 14.8. The van der Waals surface area contributed by atoms with Crippen molar-refractivity contribution in [2.24, 2.45) is 5.73 Å². The Morgan fingerprint density at radius 2 is 1.52 bits per heavy atom. The van der Waals surface area contributed by atoms with Crippen LogP contribution in [-0.2, 0) is 19.7 Å². The van der Waals surface area contributed by atoms with E-state index in [-0.39, 0.29) is 47.6 Å². The number of urea groups is 1. The van der Waals surface area contributed by atoms with Crippen LogP contribution in [0.2, 0.25) is 0 Å². The van der Waals surface area contributed by atoms with Gasteiger partial charge in [0.1, 0.15) is 11.9 Å². The molecule has 4 N–H and O–H groups in total. The number of hydrogen-bond acceptors (Lipinski definition) is 13. The predicted octanol–water partition coefficient (Wildman–Crippen LogP) is 2.85. The topological polar surface area (TPSA) is 207 Å². The zero-order valence-corrected chi connectivity index (χ0v) is 36.2. The standard InChI is InChI=1S/C46H55N11O7/c1-46(14-17-52(18-15-46)33-26-54(27-33)31-8-9-34-35(23-31)44(62)57(43(34)61)36-10-11-38(58)51-42(36)60)28-4-6-29(7-5-28)49-41-39(40(47)59)48-24-37(50-41)53-16-2-3-32(25-53)56-20-19-55(45(56)63)30-12-21-64-22-13-30/h4-9,23-24,30,32-33,36H,2-3,10-22,25-27H2,1H3,(H2,47,59)(H,49,50)(H,51,58,60). The molecule has 0 saturated carbocycles. The molecule has 0 spiro atoms. The molecule has 7 aliphatic rings. The number of aromatic nitrogens is 2. The molecule has 1 aromatic heterocycles. The molecule has 2 aromatic carbocycles. The lowest BCUT2D eigenvalue weighted by atomic mass is 9.74. The van der Waals surface area contributed by atoms with Crippen molar-refractivity contribution < 1.29 is 33.5 Å². The number of rotatable bonds is 10. The van der Waals surface area contributed by atoms with Gasteiger partial charge >= 0.3 is 6.03 Å². The summed E-state index contributed by atoms with van der Waals surface area (Å²) in [5.41, 5.74) is 9.25. The van der Waals surface area contributed by atoms with Crippen LogP contribution in [0.4, 0.5) is 27.8 Å². The molecule has 7 aliphatic heterocycles. The number of nitrogens with zero attached hydrogens (tertiary/aromatic N) is 8. The number of hydrogen-bond donors (Lipinski definition) is 3. The average molecular weight is 874 g/mol. The monoisotopic (exact) mass is 873 g/mol. The Morgan fingerprint density at radius 3 is 2.23 bits per heavy atom. The van der Waals surface area contributed by atoms with E-state index < -0.39 is 35.6 Å². The molecular formula is C46H55N11O7. The molecule has 6 saturated heterocycles. The van der Waals surface area contributed by atoms with Gasteiger partial charge < -0.3 is 35.4 Å². The number of carbonyl (C=O) groups is 6. The van der Waals surface area contributed by atoms with Crippen molar-refractivity contribution in [3.63, 3.8) is 0 Å². The van der Waals surface area contributed by atoms with Crippen molar-refractivity contribution in [2.45, 2.75) is 87.9 Å². The highest BCUT2D eigenvalue weighted by Crippen LogP contribution is 2.39. The summed E-state index contributed by atoms with van der Waals surface area (Å²) in [6, 6.07) is 13.4. The summed E-state index contributed by atoms with van der Waals surface area (Å²) < 4.78 is 5.53. The number of benzene rings is 2. The summed E-state index contributed by atoms with van der Waals surface area (Å²) in [5, 5.41) is 5.57. The van der Waals surface area contributed by atoms with Gasteiger partial charge in [-0.1, -0.05) is 19.1 Å². The third-order valence-corrected chi connectivity index (χ3v) is 14.8. The maximum absolute atomic E-state index is 13.5. The van der Waals surface area contributed by atoms with Crippen LogP contribution in [0.3, 0.4) is 0 Å². The van der Waals surface area contributed by atoms with Crippen LogP contribution < -0.4 is 26.2 Å². The van der Waals surface area contributed by atoms with Gasteiger partial charge in [0.2, 0.25) is 11.8 Å². The van der Waals surface area contributed by atoms with Crippen LogP contribution in [0.15, 0.2) is 48.7 Å². The van der Waals surface area contributed by atoms with Crippen LogP contribution in [0, 0.1) is 0 Å². The quantitative estimate of drug-likeness (QED) is 0.251. The Labute approximate surface area is 371 Å². The fourth-order valence-electron chi connectivity index (χ4n) is 10.8. The number of primary amides is 1. The summed E-state index contributed by atoms with van der Waals surface area (Å²) in [5.74, 6) is -1.75. The Kier molecular flexibility index (Phi) is 11.0. The lowest BCUT2D eigenvalue weighted by Gasteiger charge is -2.50. The van der Waals surface area contributed by atoms with E-state index >= 15 is 0 Å². The molecule has 2 atom stereocenters. The Balaban J connectivity index is 0.736. The van der Waals surface area contributed by atoms with Gasteiger partial charge in [0.05, 0.1) is 23.4 Å². The maximum atomic E-state index is 13.5. The van der Waals surface area contributed by atoms with Crippen LogP contribution >= 0.6 is 0 Å². The minimum absolute atomic E-state index is 0.0266. The second-order valence-corrected chi connectivity index (χ2v) is 18.6. The fraction of sp³-hybridized carbons (Fsp3) is 0.522. The number of nitrogens with two attached hydrogens (primary N) is 1. The molecule has 2 unspecified atom stereocenters. The van der Waals surface area contributed by atoms with E-state index in [4.69, 9.17) is 15.5 Å². The normalized spacial score (nSPS) is 24.6. The number of amides is 7. The molecule has 8 heterocycles. The zero-order chi connectivity index (χ0) is 44.3. The smallest absolute Gasteiger partial charge is 0.320 e. The Morgan fingerprint density at radius 1 is 0.812 bits per heavy atom. The molecule has 336 valence electrons. The van der Waals surface area contributed by atoms with Crippen LogP contribution in [0.1, 0.15) is 95.1 Å². The molecule has 0 aliphatic carbocycles. The summed E-state index contributed by atoms with van der Waals surface area (Å²) >= 11 is 0. The first-order valence-electron chi connectivity index (χ1n) is 22.7. The van der Waals surface area contributed by atoms with E-state index in [1.54, 1.807) is 18.3 Å². The molecule has 3 aromatic rings. The van der Waals surface area contributed by atoms with Crippen LogP contribution in [0.25, 0.3) is 0 Å². The highest BCUT2D eigenvalue weighted by molar-refractivity contribution is 6.23. The van der Waals surface area contributed by atoms with Gasteiger partial charge in [0.25, 0.3) is 17.7 Å². The number of nitrogens with one attached hydrogen (secondary N) is 2. The Hall–Kier alpha value is -6.14. The van der Waals surface area contributed by atoms with E-state index in [1.165, 1.54) is 5.56 Å². The second-order valence-electron chi connectivity index (χ2n) is 18.6. The van der Waals surface area contributed by atoms with E-state index in [2.05, 4.69) is 49.4 Å². The summed E-state index contributed by atoms with van der Waals surface area (Å²) in [4.78, 5) is 98.0. The first-order valence-corrected chi connectivity index (χ1v) is 22.7. The van der Waals surface area contributed by atoms with Crippen LogP contribution in [0.5, 0.6) is 0 Å². The summed E-state index contributed by atoms with van der Waals surface area (Å²) in [6.07, 6.45) is 7.36. The third kappa shape index (κ3) is 7.69. The molecule has 10 rings (SSSR count). The van der Waals surface area contributed by atoms with Crippen molar-refractivity contribution in [3.05, 3.63) is 71.0 Å². The first-order chi connectivity index (χ1) is 30.9. The molecule has 6 fully saturated rings. The fourth-order valence-corrected chi connectivity index (χ4v) is 10.8. The minimum Gasteiger partial charge on any atom is -0.381 e. The lowest BCUT2D eigenvalue weighted by Crippen LogP contribution is -2.61.